The minimum Gasteiger partial charge on any atom is -0.347 e. The van der Waals surface area contributed by atoms with Crippen LogP contribution < -0.4 is 10.2 Å². The van der Waals surface area contributed by atoms with Crippen molar-refractivity contribution in [3.05, 3.63) is 64.0 Å². The fourth-order valence-corrected chi connectivity index (χ4v) is 5.00. The Bertz CT molecular complexity index is 867. The average molecular weight is 385 g/mol. The molecule has 0 atom stereocenters. The van der Waals surface area contributed by atoms with Crippen LogP contribution in [-0.4, -0.2) is 24.0 Å². The highest BCUT2D eigenvalue weighted by molar-refractivity contribution is 7.20. The van der Waals surface area contributed by atoms with E-state index in [1.54, 1.807) is 16.2 Å². The Labute approximate surface area is 161 Å². The molecule has 1 fully saturated rings. The normalized spacial score (nSPS) is 14.6. The molecule has 1 aliphatic rings. The second-order valence-electron chi connectivity index (χ2n) is 6.60. The van der Waals surface area contributed by atoms with E-state index in [-0.39, 0.29) is 5.91 Å². The van der Waals surface area contributed by atoms with Crippen molar-refractivity contribution >= 4 is 28.6 Å². The molecule has 1 amide bonds. The van der Waals surface area contributed by atoms with E-state index in [9.17, 15) is 4.79 Å². The zero-order valence-corrected chi connectivity index (χ0v) is 16.2. The number of hydrogen-bond acceptors (Lipinski definition) is 4. The number of thiazole rings is 1. The van der Waals surface area contributed by atoms with Crippen LogP contribution in [0.3, 0.4) is 0 Å². The van der Waals surface area contributed by atoms with Crippen LogP contribution in [0.5, 0.6) is 0 Å². The molecule has 0 aliphatic carbocycles. The van der Waals surface area contributed by atoms with Gasteiger partial charge in [0.05, 0.1) is 18.0 Å². The van der Waals surface area contributed by atoms with E-state index in [0.717, 1.165) is 16.4 Å². The molecular formula is C20H22N3OS2+. The molecule has 4 rings (SSSR count). The molecule has 0 bridgehead atoms. The molecule has 0 saturated carbocycles. The highest BCUT2D eigenvalue weighted by Crippen LogP contribution is 2.27. The van der Waals surface area contributed by atoms with Crippen molar-refractivity contribution in [3.8, 4) is 9.88 Å². The van der Waals surface area contributed by atoms with Gasteiger partial charge >= 0.3 is 0 Å². The monoisotopic (exact) mass is 384 g/mol. The van der Waals surface area contributed by atoms with Gasteiger partial charge < -0.3 is 10.2 Å². The van der Waals surface area contributed by atoms with Gasteiger partial charge in [-0.1, -0.05) is 30.3 Å². The lowest BCUT2D eigenvalue weighted by Crippen LogP contribution is -3.08. The maximum absolute atomic E-state index is 12.5. The zero-order chi connectivity index (χ0) is 17.8. The van der Waals surface area contributed by atoms with Gasteiger partial charge in [0.15, 0.2) is 0 Å². The summed E-state index contributed by atoms with van der Waals surface area (Å²) in [5.41, 5.74) is 3.04. The van der Waals surface area contributed by atoms with Gasteiger partial charge in [-0.15, -0.1) is 22.7 Å². The molecule has 6 heteroatoms. The van der Waals surface area contributed by atoms with E-state index < -0.39 is 0 Å². The predicted molar refractivity (Wildman–Crippen MR) is 107 cm³/mol. The first kappa shape index (κ1) is 17.4. The van der Waals surface area contributed by atoms with Gasteiger partial charge in [-0.25, -0.2) is 4.98 Å². The van der Waals surface area contributed by atoms with E-state index >= 15 is 0 Å². The molecule has 2 N–H and O–H groups in total. The Morgan fingerprint density at radius 3 is 2.65 bits per heavy atom. The summed E-state index contributed by atoms with van der Waals surface area (Å²) in [6.07, 6.45) is 2.65. The summed E-state index contributed by atoms with van der Waals surface area (Å²) in [6.45, 7) is 4.11. The molecule has 1 aromatic carbocycles. The van der Waals surface area contributed by atoms with Crippen LogP contribution in [0.2, 0.25) is 0 Å². The Morgan fingerprint density at radius 2 is 1.88 bits per heavy atom. The molecule has 4 nitrogen and oxygen atoms in total. The van der Waals surface area contributed by atoms with Crippen molar-refractivity contribution in [3.63, 3.8) is 0 Å². The van der Waals surface area contributed by atoms with Gasteiger partial charge in [0.25, 0.3) is 5.91 Å². The smallest absolute Gasteiger partial charge is 0.271 e. The van der Waals surface area contributed by atoms with Crippen molar-refractivity contribution in [2.45, 2.75) is 25.9 Å². The van der Waals surface area contributed by atoms with Crippen LogP contribution in [0.15, 0.2) is 47.2 Å². The fraction of sp³-hybridized carbons (Fsp3) is 0.300. The summed E-state index contributed by atoms with van der Waals surface area (Å²) in [5, 5.41) is 7.81. The van der Waals surface area contributed by atoms with Crippen LogP contribution in [0, 0.1) is 0 Å². The molecule has 2 aromatic heterocycles. The lowest BCUT2D eigenvalue weighted by atomic mass is 10.1. The van der Waals surface area contributed by atoms with Gasteiger partial charge in [0.2, 0.25) is 0 Å². The maximum Gasteiger partial charge on any atom is 0.271 e. The number of nitrogens with zero attached hydrogens (tertiary/aromatic N) is 1. The summed E-state index contributed by atoms with van der Waals surface area (Å²) >= 11 is 3.16. The summed E-state index contributed by atoms with van der Waals surface area (Å²) in [7, 11) is 0. The van der Waals surface area contributed by atoms with Gasteiger partial charge in [0, 0.05) is 30.3 Å². The molecule has 1 saturated heterocycles. The highest BCUT2D eigenvalue weighted by Gasteiger charge is 2.18. The van der Waals surface area contributed by atoms with E-state index in [2.05, 4.69) is 28.5 Å². The maximum atomic E-state index is 12.5. The molecule has 3 heterocycles. The molecule has 134 valence electrons. The van der Waals surface area contributed by atoms with E-state index in [1.165, 1.54) is 48.4 Å². The van der Waals surface area contributed by atoms with Crippen LogP contribution in [0.1, 0.15) is 34.5 Å². The SMILES string of the molecule is O=C(NCc1ccccc1C[NH+]1CCCC1)c1csc(-c2cccs2)n1. The van der Waals surface area contributed by atoms with Gasteiger partial charge in [0.1, 0.15) is 17.2 Å². The van der Waals surface area contributed by atoms with Crippen molar-refractivity contribution in [2.24, 2.45) is 0 Å². The minimum absolute atomic E-state index is 0.104. The van der Waals surface area contributed by atoms with Crippen LogP contribution >= 0.6 is 22.7 Å². The number of aromatic nitrogens is 1. The average Bonchev–Trinajstić information content (AvgIpc) is 3.41. The number of carbonyl (C=O) groups is 1. The third-order valence-electron chi connectivity index (χ3n) is 4.78. The number of likely N-dealkylation sites (tertiary alicyclic amines) is 1. The number of hydrogen-bond donors (Lipinski definition) is 2. The standard InChI is InChI=1S/C20H21N3OS2/c24-19(17-14-26-20(22-17)18-8-5-11-25-18)21-12-15-6-1-2-7-16(15)13-23-9-3-4-10-23/h1-2,5-8,11,14H,3-4,9-10,12-13H2,(H,21,24)/p+1. The molecule has 0 radical (unpaired) electrons. The highest BCUT2D eigenvalue weighted by atomic mass is 32.1. The number of nitrogens with one attached hydrogen (secondary N) is 2. The van der Waals surface area contributed by atoms with Crippen LogP contribution in [0.25, 0.3) is 9.88 Å². The largest absolute Gasteiger partial charge is 0.347 e. The molecule has 1 aliphatic heterocycles. The number of thiophene rings is 1. The number of amides is 1. The summed E-state index contributed by atoms with van der Waals surface area (Å²) in [6, 6.07) is 12.5. The first-order valence-electron chi connectivity index (χ1n) is 8.97. The molecule has 0 unspecified atom stereocenters. The Hall–Kier alpha value is -2.02. The predicted octanol–water partition coefficient (Wildman–Crippen LogP) is 2.98. The number of rotatable bonds is 6. The van der Waals surface area contributed by atoms with E-state index in [0.29, 0.717) is 12.2 Å². The van der Waals surface area contributed by atoms with Crippen molar-refractivity contribution in [1.29, 1.82) is 0 Å². The summed E-state index contributed by atoms with van der Waals surface area (Å²) < 4.78 is 0. The lowest BCUT2D eigenvalue weighted by Gasteiger charge is -2.15. The second kappa shape index (κ2) is 8.12. The topological polar surface area (TPSA) is 46.4 Å². The number of quaternary nitrogens is 1. The third kappa shape index (κ3) is 4.03. The molecule has 26 heavy (non-hydrogen) atoms. The minimum atomic E-state index is -0.104. The first-order valence-corrected chi connectivity index (χ1v) is 10.7. The number of carbonyl (C=O) groups excluding carboxylic acids is 1. The third-order valence-corrected chi connectivity index (χ3v) is 6.66. The van der Waals surface area contributed by atoms with Crippen molar-refractivity contribution in [1.82, 2.24) is 10.3 Å². The zero-order valence-electron chi connectivity index (χ0n) is 14.5. The molecule has 3 aromatic rings. The second-order valence-corrected chi connectivity index (χ2v) is 8.41. The van der Waals surface area contributed by atoms with E-state index in [1.807, 2.05) is 29.0 Å². The Kier molecular flexibility index (Phi) is 5.43. The van der Waals surface area contributed by atoms with Gasteiger partial charge in [-0.3, -0.25) is 4.79 Å². The van der Waals surface area contributed by atoms with Crippen molar-refractivity contribution < 1.29 is 9.69 Å². The summed E-state index contributed by atoms with van der Waals surface area (Å²) in [5.74, 6) is -0.104. The quantitative estimate of drug-likeness (QED) is 0.686. The van der Waals surface area contributed by atoms with Crippen LogP contribution in [0.4, 0.5) is 0 Å². The van der Waals surface area contributed by atoms with Gasteiger partial charge in [-0.05, 0) is 17.0 Å². The fourth-order valence-electron chi connectivity index (χ4n) is 3.38. The first-order chi connectivity index (χ1) is 12.8. The van der Waals surface area contributed by atoms with Crippen LogP contribution in [-0.2, 0) is 13.1 Å². The molecular weight excluding hydrogens is 362 g/mol. The van der Waals surface area contributed by atoms with Crippen molar-refractivity contribution in [2.75, 3.05) is 13.1 Å². The Balaban J connectivity index is 1.40. The van der Waals surface area contributed by atoms with Gasteiger partial charge in [-0.2, -0.15) is 0 Å². The lowest BCUT2D eigenvalue weighted by molar-refractivity contribution is -0.901. The Morgan fingerprint density at radius 1 is 1.08 bits per heavy atom. The number of benzene rings is 1. The molecule has 0 spiro atoms. The van der Waals surface area contributed by atoms with E-state index in [4.69, 9.17) is 0 Å². The summed E-state index contributed by atoms with van der Waals surface area (Å²) in [4.78, 5) is 19.7.